The van der Waals surface area contributed by atoms with Crippen LogP contribution in [0.2, 0.25) is 0 Å². The largest absolute Gasteiger partial charge is 0.378 e. The van der Waals surface area contributed by atoms with Crippen LogP contribution in [0.25, 0.3) is 0 Å². The van der Waals surface area contributed by atoms with Gasteiger partial charge in [0.25, 0.3) is 0 Å². The summed E-state index contributed by atoms with van der Waals surface area (Å²) in [4.78, 5) is 0. The van der Waals surface area contributed by atoms with Gasteiger partial charge in [-0.3, -0.25) is 0 Å². The zero-order valence-electron chi connectivity index (χ0n) is 5.56. The van der Waals surface area contributed by atoms with Crippen molar-refractivity contribution in [2.75, 3.05) is 26.4 Å². The van der Waals surface area contributed by atoms with Crippen molar-refractivity contribution < 1.29 is 9.47 Å². The molecule has 0 N–H and O–H groups in total. The maximum absolute atomic E-state index is 5.35. The quantitative estimate of drug-likeness (QED) is 0.480. The fourth-order valence-electron chi connectivity index (χ4n) is 1.20. The molecule has 52 valence electrons. The second-order valence-corrected chi connectivity index (χ2v) is 3.11. The molecule has 0 radical (unpaired) electrons. The van der Waals surface area contributed by atoms with E-state index in [1.54, 1.807) is 0 Å². The first-order valence-corrected chi connectivity index (χ1v) is 3.57. The van der Waals surface area contributed by atoms with Crippen LogP contribution in [-0.2, 0) is 9.47 Å². The highest BCUT2D eigenvalue weighted by Gasteiger charge is 2.43. The van der Waals surface area contributed by atoms with Crippen molar-refractivity contribution in [1.82, 2.24) is 0 Å². The van der Waals surface area contributed by atoms with Gasteiger partial charge in [0.2, 0.25) is 0 Å². The van der Waals surface area contributed by atoms with Gasteiger partial charge in [-0.05, 0) is 12.8 Å². The second kappa shape index (κ2) is 1.96. The van der Waals surface area contributed by atoms with Crippen LogP contribution in [0, 0.1) is 5.41 Å². The summed E-state index contributed by atoms with van der Waals surface area (Å²) in [5, 5.41) is 0. The van der Waals surface area contributed by atoms with Gasteiger partial charge >= 0.3 is 0 Å². The van der Waals surface area contributed by atoms with Crippen LogP contribution >= 0.6 is 0 Å². The molecule has 0 aromatic rings. The summed E-state index contributed by atoms with van der Waals surface area (Å²) in [5.74, 6) is 0. The molecule has 1 heterocycles. The first kappa shape index (κ1) is 5.69. The third kappa shape index (κ3) is 1.10. The van der Waals surface area contributed by atoms with E-state index in [9.17, 15) is 0 Å². The van der Waals surface area contributed by atoms with Gasteiger partial charge < -0.3 is 9.47 Å². The lowest BCUT2D eigenvalue weighted by molar-refractivity contribution is 0.103. The highest BCUT2D eigenvalue weighted by Crippen LogP contribution is 2.46. The molecule has 1 saturated carbocycles. The predicted octanol–water partition coefficient (Wildman–Crippen LogP) is 0.813. The summed E-state index contributed by atoms with van der Waals surface area (Å²) in [6, 6.07) is 0. The smallest absolute Gasteiger partial charge is 0.0700 e. The van der Waals surface area contributed by atoms with Gasteiger partial charge in [-0.15, -0.1) is 0 Å². The van der Waals surface area contributed by atoms with E-state index in [-0.39, 0.29) is 0 Å². The lowest BCUT2D eigenvalue weighted by Crippen LogP contribution is -2.12. The summed E-state index contributed by atoms with van der Waals surface area (Å²) in [6.07, 6.45) is 2.62. The minimum atomic E-state index is 0.469. The third-order valence-corrected chi connectivity index (χ3v) is 2.15. The summed E-state index contributed by atoms with van der Waals surface area (Å²) >= 11 is 0. The minimum absolute atomic E-state index is 0.469. The van der Waals surface area contributed by atoms with E-state index in [2.05, 4.69) is 0 Å². The summed E-state index contributed by atoms with van der Waals surface area (Å²) in [6.45, 7) is 3.46. The summed E-state index contributed by atoms with van der Waals surface area (Å²) in [5.41, 5.74) is 0.469. The van der Waals surface area contributed by atoms with E-state index in [0.29, 0.717) is 5.41 Å². The van der Waals surface area contributed by atoms with Crippen molar-refractivity contribution in [1.29, 1.82) is 0 Å². The molecule has 1 aliphatic carbocycles. The average Bonchev–Trinajstić information content (AvgIpc) is 2.64. The number of hydrogen-bond acceptors (Lipinski definition) is 2. The number of rotatable bonds is 0. The van der Waals surface area contributed by atoms with Gasteiger partial charge in [0.05, 0.1) is 26.4 Å². The maximum Gasteiger partial charge on any atom is 0.0700 e. The van der Waals surface area contributed by atoms with Crippen LogP contribution in [-0.4, -0.2) is 26.4 Å². The third-order valence-electron chi connectivity index (χ3n) is 2.15. The van der Waals surface area contributed by atoms with Gasteiger partial charge in [0, 0.05) is 5.41 Å². The Bertz CT molecular complexity index is 97.5. The van der Waals surface area contributed by atoms with Gasteiger partial charge in [0.1, 0.15) is 0 Å². The van der Waals surface area contributed by atoms with Crippen LogP contribution in [0.5, 0.6) is 0 Å². The highest BCUT2D eigenvalue weighted by molar-refractivity contribution is 4.93. The van der Waals surface area contributed by atoms with Gasteiger partial charge in [-0.2, -0.15) is 0 Å². The summed E-state index contributed by atoms with van der Waals surface area (Å²) < 4.78 is 10.7. The lowest BCUT2D eigenvalue weighted by Gasteiger charge is -2.07. The Hall–Kier alpha value is -0.0800. The monoisotopic (exact) mass is 128 g/mol. The van der Waals surface area contributed by atoms with Gasteiger partial charge in [-0.1, -0.05) is 0 Å². The van der Waals surface area contributed by atoms with E-state index in [0.717, 1.165) is 26.4 Å². The van der Waals surface area contributed by atoms with Crippen molar-refractivity contribution in [3.05, 3.63) is 0 Å². The zero-order valence-corrected chi connectivity index (χ0v) is 5.56. The van der Waals surface area contributed by atoms with E-state index in [1.807, 2.05) is 0 Å². The second-order valence-electron chi connectivity index (χ2n) is 3.11. The molecule has 2 rings (SSSR count). The molecule has 2 nitrogen and oxygen atoms in total. The van der Waals surface area contributed by atoms with Crippen LogP contribution in [0.3, 0.4) is 0 Å². The van der Waals surface area contributed by atoms with Crippen LogP contribution < -0.4 is 0 Å². The highest BCUT2D eigenvalue weighted by atomic mass is 16.5. The molecular weight excluding hydrogens is 116 g/mol. The number of hydrogen-bond donors (Lipinski definition) is 0. The topological polar surface area (TPSA) is 18.5 Å². The average molecular weight is 128 g/mol. The molecule has 0 bridgehead atoms. The van der Waals surface area contributed by atoms with Crippen molar-refractivity contribution in [3.63, 3.8) is 0 Å². The molecule has 0 unspecified atom stereocenters. The molecule has 9 heavy (non-hydrogen) atoms. The molecule has 2 heteroatoms. The SMILES string of the molecule is C1COCC2(CC2)CO1. The molecule has 0 aromatic carbocycles. The van der Waals surface area contributed by atoms with E-state index in [4.69, 9.17) is 9.47 Å². The number of ether oxygens (including phenoxy) is 2. The van der Waals surface area contributed by atoms with Crippen LogP contribution in [0.1, 0.15) is 12.8 Å². The molecule has 2 aliphatic rings. The molecule has 1 aliphatic heterocycles. The molecule has 2 fully saturated rings. The Morgan fingerprint density at radius 3 is 1.89 bits per heavy atom. The van der Waals surface area contributed by atoms with Crippen molar-refractivity contribution in [2.24, 2.45) is 5.41 Å². The molecule has 1 spiro atoms. The molecule has 0 aromatic heterocycles. The van der Waals surface area contributed by atoms with Crippen molar-refractivity contribution in [3.8, 4) is 0 Å². The van der Waals surface area contributed by atoms with E-state index >= 15 is 0 Å². The van der Waals surface area contributed by atoms with Gasteiger partial charge in [0.15, 0.2) is 0 Å². The minimum Gasteiger partial charge on any atom is -0.378 e. The van der Waals surface area contributed by atoms with Crippen LogP contribution in [0.15, 0.2) is 0 Å². The van der Waals surface area contributed by atoms with Crippen molar-refractivity contribution >= 4 is 0 Å². The Labute approximate surface area is 55.1 Å². The molecular formula is C7H12O2. The van der Waals surface area contributed by atoms with Gasteiger partial charge in [-0.25, -0.2) is 0 Å². The first-order valence-electron chi connectivity index (χ1n) is 3.57. The normalized spacial score (nSPS) is 32.0. The Morgan fingerprint density at radius 2 is 1.44 bits per heavy atom. The fourth-order valence-corrected chi connectivity index (χ4v) is 1.20. The van der Waals surface area contributed by atoms with E-state index < -0.39 is 0 Å². The molecule has 0 atom stereocenters. The predicted molar refractivity (Wildman–Crippen MR) is 33.3 cm³/mol. The lowest BCUT2D eigenvalue weighted by atomic mass is 10.1. The molecule has 1 saturated heterocycles. The fraction of sp³-hybridized carbons (Fsp3) is 1.00. The summed E-state index contributed by atoms with van der Waals surface area (Å²) in [7, 11) is 0. The Kier molecular flexibility index (Phi) is 1.24. The van der Waals surface area contributed by atoms with Crippen LogP contribution in [0.4, 0.5) is 0 Å². The first-order chi connectivity index (χ1) is 4.41. The standard InChI is InChI=1S/C7H12O2/c1-2-7(1)5-8-3-4-9-6-7/h1-6H2. The Morgan fingerprint density at radius 1 is 0.889 bits per heavy atom. The Balaban J connectivity index is 1.92. The van der Waals surface area contributed by atoms with E-state index in [1.165, 1.54) is 12.8 Å². The zero-order chi connectivity index (χ0) is 6.16. The molecule has 0 amide bonds. The maximum atomic E-state index is 5.35. The van der Waals surface area contributed by atoms with Crippen molar-refractivity contribution in [2.45, 2.75) is 12.8 Å².